The van der Waals surface area contributed by atoms with Gasteiger partial charge in [0.2, 0.25) is 0 Å². The molecule has 13 heavy (non-hydrogen) atoms. The summed E-state index contributed by atoms with van der Waals surface area (Å²) in [5.41, 5.74) is 13.7. The molecule has 0 aromatic heterocycles. The molecule has 4 nitrogen and oxygen atoms in total. The van der Waals surface area contributed by atoms with Crippen LogP contribution in [0.4, 0.5) is 17.1 Å². The van der Waals surface area contributed by atoms with Crippen molar-refractivity contribution in [2.24, 2.45) is 0 Å². The third-order valence-electron chi connectivity index (χ3n) is 2.00. The topological polar surface area (TPSA) is 72.1 Å². The van der Waals surface area contributed by atoms with Crippen molar-refractivity contribution in [3.05, 3.63) is 22.6 Å². The SMILES string of the molecule is CCc1cc(N)c(N)cc1[N+](C)=O. The van der Waals surface area contributed by atoms with E-state index < -0.39 is 0 Å². The highest BCUT2D eigenvalue weighted by molar-refractivity contribution is 5.69. The molecule has 4 heteroatoms. The maximum atomic E-state index is 11.1. The van der Waals surface area contributed by atoms with Gasteiger partial charge in [-0.25, -0.2) is 0 Å². The molecule has 0 saturated heterocycles. The number of anilines is 2. The van der Waals surface area contributed by atoms with E-state index in [1.807, 2.05) is 6.92 Å². The summed E-state index contributed by atoms with van der Waals surface area (Å²) in [6.45, 7) is 1.97. The standard InChI is InChI=1S/C9H14N3O/c1-3-6-4-7(10)8(11)5-9(6)12(2)13/h4-5H,3,10-11H2,1-2H3/q+1. The van der Waals surface area contributed by atoms with Gasteiger partial charge in [-0.1, -0.05) is 6.92 Å². The Morgan fingerprint density at radius 1 is 1.31 bits per heavy atom. The van der Waals surface area contributed by atoms with Crippen molar-refractivity contribution >= 4 is 17.1 Å². The van der Waals surface area contributed by atoms with Crippen LogP contribution in [0.1, 0.15) is 12.5 Å². The van der Waals surface area contributed by atoms with Crippen LogP contribution in [-0.4, -0.2) is 11.8 Å². The van der Waals surface area contributed by atoms with E-state index in [0.717, 1.165) is 16.7 Å². The van der Waals surface area contributed by atoms with Crippen molar-refractivity contribution in [1.82, 2.24) is 0 Å². The summed E-state index contributed by atoms with van der Waals surface area (Å²) in [6, 6.07) is 3.36. The molecule has 0 amide bonds. The van der Waals surface area contributed by atoms with E-state index in [0.29, 0.717) is 17.1 Å². The molecule has 1 rings (SSSR count). The number of rotatable bonds is 2. The third-order valence-corrected chi connectivity index (χ3v) is 2.00. The minimum absolute atomic E-state index is 0.454. The average molecular weight is 180 g/mol. The molecule has 0 aliphatic rings. The second-order valence-electron chi connectivity index (χ2n) is 2.96. The minimum atomic E-state index is 0.454. The van der Waals surface area contributed by atoms with Gasteiger partial charge in [0.1, 0.15) is 0 Å². The van der Waals surface area contributed by atoms with Crippen molar-refractivity contribution < 1.29 is 4.76 Å². The van der Waals surface area contributed by atoms with Crippen LogP contribution >= 0.6 is 0 Å². The second kappa shape index (κ2) is 3.43. The number of hydrogen-bond donors (Lipinski definition) is 2. The van der Waals surface area contributed by atoms with Gasteiger partial charge in [0.05, 0.1) is 11.4 Å². The zero-order valence-electron chi connectivity index (χ0n) is 7.87. The van der Waals surface area contributed by atoms with Crippen LogP contribution in [0.25, 0.3) is 0 Å². The number of nitrogens with zero attached hydrogens (tertiary/aromatic N) is 1. The second-order valence-corrected chi connectivity index (χ2v) is 2.96. The van der Waals surface area contributed by atoms with Gasteiger partial charge in [0, 0.05) is 21.3 Å². The lowest BCUT2D eigenvalue weighted by molar-refractivity contribution is -0.428. The van der Waals surface area contributed by atoms with Gasteiger partial charge in [-0.2, -0.15) is 0 Å². The zero-order valence-corrected chi connectivity index (χ0v) is 7.87. The number of nitroso groups, excluding NO2 is 1. The molecular formula is C9H14N3O+. The molecule has 0 fully saturated rings. The van der Waals surface area contributed by atoms with Crippen LogP contribution < -0.4 is 11.5 Å². The molecule has 0 spiro atoms. The Hall–Kier alpha value is -1.58. The highest BCUT2D eigenvalue weighted by atomic mass is 16.3. The average Bonchev–Trinajstić information content (AvgIpc) is 2.08. The van der Waals surface area contributed by atoms with Gasteiger partial charge in [0.15, 0.2) is 7.05 Å². The number of nitrogens with two attached hydrogens (primary N) is 2. The first-order valence-electron chi connectivity index (χ1n) is 4.15. The molecule has 0 aliphatic carbocycles. The Kier molecular flexibility index (Phi) is 2.51. The van der Waals surface area contributed by atoms with Crippen molar-refractivity contribution in [2.45, 2.75) is 13.3 Å². The fourth-order valence-corrected chi connectivity index (χ4v) is 1.24. The Morgan fingerprint density at radius 2 is 1.85 bits per heavy atom. The predicted molar refractivity (Wildman–Crippen MR) is 53.9 cm³/mol. The van der Waals surface area contributed by atoms with Crippen molar-refractivity contribution in [3.63, 3.8) is 0 Å². The lowest BCUT2D eigenvalue weighted by Gasteiger charge is -2.03. The number of hydrogen-bond acceptors (Lipinski definition) is 3. The minimum Gasteiger partial charge on any atom is -0.397 e. The molecule has 0 bridgehead atoms. The van der Waals surface area contributed by atoms with E-state index >= 15 is 0 Å². The Bertz CT molecular complexity index is 347. The van der Waals surface area contributed by atoms with Gasteiger partial charge >= 0.3 is 0 Å². The monoisotopic (exact) mass is 180 g/mol. The maximum absolute atomic E-state index is 11.1. The largest absolute Gasteiger partial charge is 0.397 e. The summed E-state index contributed by atoms with van der Waals surface area (Å²) in [4.78, 5) is 11.1. The summed E-state index contributed by atoms with van der Waals surface area (Å²) >= 11 is 0. The molecule has 1 aromatic carbocycles. The molecule has 0 unspecified atom stereocenters. The molecule has 0 saturated carbocycles. The normalized spacial score (nSPS) is 10.0. The fraction of sp³-hybridized carbons (Fsp3) is 0.333. The summed E-state index contributed by atoms with van der Waals surface area (Å²) in [5.74, 6) is 0. The van der Waals surface area contributed by atoms with E-state index in [1.54, 1.807) is 12.1 Å². The molecular weight excluding hydrogens is 166 g/mol. The van der Waals surface area contributed by atoms with Crippen LogP contribution in [0.3, 0.4) is 0 Å². The molecule has 0 heterocycles. The smallest absolute Gasteiger partial charge is 0.260 e. The molecule has 0 radical (unpaired) electrons. The van der Waals surface area contributed by atoms with E-state index in [4.69, 9.17) is 11.5 Å². The van der Waals surface area contributed by atoms with Gasteiger partial charge < -0.3 is 11.5 Å². The molecule has 0 aliphatic heterocycles. The quantitative estimate of drug-likeness (QED) is 0.534. The van der Waals surface area contributed by atoms with Gasteiger partial charge in [-0.05, 0) is 12.5 Å². The highest BCUT2D eigenvalue weighted by Crippen LogP contribution is 2.26. The summed E-state index contributed by atoms with van der Waals surface area (Å²) in [6.07, 6.45) is 0.770. The Labute approximate surface area is 77.1 Å². The first kappa shape index (κ1) is 9.51. The van der Waals surface area contributed by atoms with Crippen LogP contribution in [0.5, 0.6) is 0 Å². The van der Waals surface area contributed by atoms with Crippen LogP contribution in [-0.2, 0) is 6.42 Å². The van der Waals surface area contributed by atoms with Crippen molar-refractivity contribution in [1.29, 1.82) is 0 Å². The van der Waals surface area contributed by atoms with Crippen LogP contribution in [0.15, 0.2) is 12.1 Å². The lowest BCUT2D eigenvalue weighted by Crippen LogP contribution is -2.01. The fourth-order valence-electron chi connectivity index (χ4n) is 1.24. The third kappa shape index (κ3) is 1.77. The van der Waals surface area contributed by atoms with Crippen molar-refractivity contribution in [3.8, 4) is 0 Å². The van der Waals surface area contributed by atoms with E-state index in [9.17, 15) is 4.91 Å². The van der Waals surface area contributed by atoms with Gasteiger partial charge in [-0.3, -0.25) is 0 Å². The van der Waals surface area contributed by atoms with Gasteiger partial charge in [0.25, 0.3) is 5.69 Å². The molecule has 70 valence electrons. The lowest BCUT2D eigenvalue weighted by atomic mass is 10.1. The zero-order chi connectivity index (χ0) is 10.0. The molecule has 4 N–H and O–H groups in total. The van der Waals surface area contributed by atoms with Crippen molar-refractivity contribution in [2.75, 3.05) is 18.5 Å². The van der Waals surface area contributed by atoms with Gasteiger partial charge in [-0.15, -0.1) is 0 Å². The molecule has 1 aromatic rings. The number of aryl methyl sites for hydroxylation is 1. The first-order chi connectivity index (χ1) is 6.06. The number of benzene rings is 1. The number of nitrogen functional groups attached to an aromatic ring is 2. The van der Waals surface area contributed by atoms with E-state index in [2.05, 4.69) is 0 Å². The van der Waals surface area contributed by atoms with Crippen LogP contribution in [0, 0.1) is 4.91 Å². The summed E-state index contributed by atoms with van der Waals surface area (Å²) in [5, 5.41) is 0. The summed E-state index contributed by atoms with van der Waals surface area (Å²) < 4.78 is 0.800. The highest BCUT2D eigenvalue weighted by Gasteiger charge is 2.14. The Morgan fingerprint density at radius 3 is 2.31 bits per heavy atom. The summed E-state index contributed by atoms with van der Waals surface area (Å²) in [7, 11) is 1.45. The van der Waals surface area contributed by atoms with E-state index in [1.165, 1.54) is 7.05 Å². The Balaban J connectivity index is 3.33. The first-order valence-corrected chi connectivity index (χ1v) is 4.15. The van der Waals surface area contributed by atoms with E-state index in [-0.39, 0.29) is 0 Å². The predicted octanol–water partition coefficient (Wildman–Crippen LogP) is 1.45. The van der Waals surface area contributed by atoms with Crippen LogP contribution in [0.2, 0.25) is 0 Å². The maximum Gasteiger partial charge on any atom is 0.260 e. The molecule has 0 atom stereocenters.